The van der Waals surface area contributed by atoms with Crippen LogP contribution in [0.5, 0.6) is 28.7 Å². The molecule has 18 heteroatoms. The molecule has 0 radical (unpaired) electrons. The van der Waals surface area contributed by atoms with Crippen molar-refractivity contribution in [3.8, 4) is 28.7 Å². The van der Waals surface area contributed by atoms with E-state index in [2.05, 4.69) is 20.5 Å². The highest BCUT2D eigenvalue weighted by atomic mass is 32.2. The van der Waals surface area contributed by atoms with Crippen molar-refractivity contribution < 1.29 is 55.5 Å². The van der Waals surface area contributed by atoms with Gasteiger partial charge in [-0.2, -0.15) is 21.9 Å². The van der Waals surface area contributed by atoms with Gasteiger partial charge in [0.2, 0.25) is 0 Å². The predicted molar refractivity (Wildman–Crippen MR) is 154 cm³/mol. The average Bonchev–Trinajstić information content (AvgIpc) is 2.97. The van der Waals surface area contributed by atoms with Crippen LogP contribution in [0.1, 0.15) is 0 Å². The number of hydrogen-bond acceptors (Lipinski definition) is 14. The number of ether oxygens (including phenoxy) is 3. The number of phenolic OH excluding ortho intramolecular Hbond substituents is 2. The molecule has 0 atom stereocenters. The fraction of sp³-hybridized carbons (Fsp3) is 0.154. The van der Waals surface area contributed by atoms with E-state index in [9.17, 15) is 36.2 Å². The maximum atomic E-state index is 12.2. The van der Waals surface area contributed by atoms with Gasteiger partial charge < -0.3 is 29.5 Å². The lowest BCUT2D eigenvalue weighted by atomic mass is 10.1. The number of benzene rings is 4. The summed E-state index contributed by atoms with van der Waals surface area (Å²) < 4.78 is 82.6. The molecule has 4 aromatic carbocycles. The molecule has 0 bridgehead atoms. The predicted octanol–water partition coefficient (Wildman–Crippen LogP) is 4.96. The summed E-state index contributed by atoms with van der Waals surface area (Å²) in [6.45, 7) is 0.00726. The molecule has 0 saturated carbocycles. The molecular weight excluding hydrogens is 624 g/mol. The zero-order valence-electron chi connectivity index (χ0n) is 22.8. The Morgan fingerprint density at radius 2 is 1.34 bits per heavy atom. The van der Waals surface area contributed by atoms with E-state index in [4.69, 9.17) is 19.3 Å². The van der Waals surface area contributed by atoms with Crippen molar-refractivity contribution in [2.45, 2.75) is 9.79 Å². The number of nitrogens with zero attached hydrogens (tertiary/aromatic N) is 4. The molecule has 0 fully saturated rings. The highest BCUT2D eigenvalue weighted by Gasteiger charge is 2.25. The van der Waals surface area contributed by atoms with Gasteiger partial charge in [-0.1, -0.05) is 0 Å². The van der Waals surface area contributed by atoms with E-state index in [0.29, 0.717) is 17.5 Å². The van der Waals surface area contributed by atoms with Crippen LogP contribution in [0, 0.1) is 0 Å². The molecule has 5 N–H and O–H groups in total. The number of phenols is 2. The summed E-state index contributed by atoms with van der Waals surface area (Å²) in [5.74, 6) is -1.08. The van der Waals surface area contributed by atoms with Crippen LogP contribution >= 0.6 is 0 Å². The molecule has 0 aromatic heterocycles. The standard InChI is InChI=1S/C26H24N4O12S2/c1-40-21-13-19(22(41-2)12-18(21)28-27-15-3-5-16(6-4-15)42-8-7-31)29-30-25-23(44(37,38)39)10-14-9-17(43(34,35)36)11-20(32)24(14)26(25)33/h3-6,9-13,31-33H,7-8H2,1-2H3,(H,34,35,36)(H,37,38,39). The molecule has 0 spiro atoms. The van der Waals surface area contributed by atoms with Crippen LogP contribution in [-0.4, -0.2) is 68.7 Å². The molecule has 0 saturated heterocycles. The first-order valence-corrected chi connectivity index (χ1v) is 15.1. The highest BCUT2D eigenvalue weighted by molar-refractivity contribution is 7.86. The van der Waals surface area contributed by atoms with Crippen LogP contribution < -0.4 is 14.2 Å². The van der Waals surface area contributed by atoms with Crippen molar-refractivity contribution in [2.75, 3.05) is 27.4 Å². The van der Waals surface area contributed by atoms with E-state index in [1.165, 1.54) is 26.4 Å². The number of hydrogen-bond donors (Lipinski definition) is 5. The number of aliphatic hydroxyl groups excluding tert-OH is 1. The molecule has 0 amide bonds. The topological polar surface area (TPSA) is 247 Å². The Kier molecular flexibility index (Phi) is 9.30. The summed E-state index contributed by atoms with van der Waals surface area (Å²) in [5, 5.41) is 45.3. The molecule has 44 heavy (non-hydrogen) atoms. The molecule has 16 nitrogen and oxygen atoms in total. The van der Waals surface area contributed by atoms with Crippen LogP contribution in [0.15, 0.2) is 84.8 Å². The van der Waals surface area contributed by atoms with Gasteiger partial charge in [-0.05, 0) is 41.8 Å². The lowest BCUT2D eigenvalue weighted by Gasteiger charge is -2.12. The van der Waals surface area contributed by atoms with Crippen LogP contribution in [0.4, 0.5) is 22.7 Å². The fourth-order valence-electron chi connectivity index (χ4n) is 3.89. The summed E-state index contributed by atoms with van der Waals surface area (Å²) in [4.78, 5) is -1.78. The molecule has 0 aliphatic heterocycles. The van der Waals surface area contributed by atoms with Crippen LogP contribution in [0.2, 0.25) is 0 Å². The van der Waals surface area contributed by atoms with Gasteiger partial charge in [0.05, 0.1) is 36.8 Å². The largest absolute Gasteiger partial charge is 0.507 e. The second-order valence-electron chi connectivity index (χ2n) is 8.72. The quantitative estimate of drug-likeness (QED) is 0.107. The third-order valence-electron chi connectivity index (χ3n) is 5.89. The Balaban J connectivity index is 1.77. The summed E-state index contributed by atoms with van der Waals surface area (Å²) in [6.07, 6.45) is 0. The summed E-state index contributed by atoms with van der Waals surface area (Å²) in [5.41, 5.74) is -0.176. The third kappa shape index (κ3) is 7.01. The Labute approximate surface area is 250 Å². The number of fused-ring (bicyclic) bond motifs is 1. The Bertz CT molecular complexity index is 2000. The van der Waals surface area contributed by atoms with Crippen molar-refractivity contribution in [2.24, 2.45) is 20.5 Å². The monoisotopic (exact) mass is 648 g/mol. The van der Waals surface area contributed by atoms with E-state index >= 15 is 0 Å². The number of rotatable bonds is 11. The van der Waals surface area contributed by atoms with Crippen molar-refractivity contribution >= 4 is 53.8 Å². The van der Waals surface area contributed by atoms with E-state index in [-0.39, 0.29) is 41.5 Å². The van der Waals surface area contributed by atoms with Gasteiger partial charge in [0.1, 0.15) is 51.6 Å². The van der Waals surface area contributed by atoms with Crippen molar-refractivity contribution in [1.29, 1.82) is 0 Å². The Morgan fingerprint density at radius 1 is 0.750 bits per heavy atom. The van der Waals surface area contributed by atoms with Crippen LogP contribution in [0.25, 0.3) is 10.8 Å². The second-order valence-corrected chi connectivity index (χ2v) is 11.5. The molecular formula is C26H24N4O12S2. The molecule has 0 heterocycles. The first-order chi connectivity index (χ1) is 20.8. The van der Waals surface area contributed by atoms with E-state index in [0.717, 1.165) is 12.1 Å². The van der Waals surface area contributed by atoms with Gasteiger partial charge in [-0.3, -0.25) is 9.11 Å². The second kappa shape index (κ2) is 12.8. The normalized spacial score (nSPS) is 12.3. The van der Waals surface area contributed by atoms with Gasteiger partial charge in [0.25, 0.3) is 20.2 Å². The molecule has 0 aliphatic rings. The Morgan fingerprint density at radius 3 is 1.86 bits per heavy atom. The van der Waals surface area contributed by atoms with Crippen molar-refractivity contribution in [1.82, 2.24) is 0 Å². The maximum absolute atomic E-state index is 12.2. The van der Waals surface area contributed by atoms with Crippen molar-refractivity contribution in [3.63, 3.8) is 0 Å². The lowest BCUT2D eigenvalue weighted by molar-refractivity contribution is 0.201. The smallest absolute Gasteiger partial charge is 0.296 e. The molecule has 4 aromatic rings. The zero-order valence-corrected chi connectivity index (χ0v) is 24.4. The van der Waals surface area contributed by atoms with E-state index < -0.39 is 52.6 Å². The fourth-order valence-corrected chi connectivity index (χ4v) is 5.08. The number of aromatic hydroxyl groups is 2. The molecule has 0 aliphatic carbocycles. The summed E-state index contributed by atoms with van der Waals surface area (Å²) in [7, 11) is -7.29. The SMILES string of the molecule is COc1cc(N=Nc2c(S(=O)(=O)O)cc3cc(S(=O)(=O)O)cc(O)c3c2O)c(OC)cc1N=Nc1ccc(OCCO)cc1. The molecule has 0 unspecified atom stereocenters. The van der Waals surface area contributed by atoms with Crippen LogP contribution in [-0.2, 0) is 20.2 Å². The number of methoxy groups -OCH3 is 2. The van der Waals surface area contributed by atoms with Gasteiger partial charge in [-0.25, -0.2) is 0 Å². The number of azo groups is 2. The first kappa shape index (κ1) is 32.0. The minimum Gasteiger partial charge on any atom is -0.507 e. The third-order valence-corrected chi connectivity index (χ3v) is 7.58. The van der Waals surface area contributed by atoms with Crippen molar-refractivity contribution in [3.05, 3.63) is 54.6 Å². The minimum atomic E-state index is -5.10. The molecule has 4 rings (SSSR count). The van der Waals surface area contributed by atoms with Gasteiger partial charge in [0, 0.05) is 18.2 Å². The highest BCUT2D eigenvalue weighted by Crippen LogP contribution is 2.47. The maximum Gasteiger partial charge on any atom is 0.296 e. The average molecular weight is 649 g/mol. The summed E-state index contributed by atoms with van der Waals surface area (Å²) in [6, 6.07) is 11.4. The van der Waals surface area contributed by atoms with E-state index in [1.54, 1.807) is 24.3 Å². The first-order valence-electron chi connectivity index (χ1n) is 12.2. The van der Waals surface area contributed by atoms with Gasteiger partial charge in [-0.15, -0.1) is 15.3 Å². The number of aliphatic hydroxyl groups is 1. The van der Waals surface area contributed by atoms with Gasteiger partial charge in [0.15, 0.2) is 5.75 Å². The molecule has 232 valence electrons. The minimum absolute atomic E-state index is 0.0413. The van der Waals surface area contributed by atoms with Gasteiger partial charge >= 0.3 is 0 Å². The van der Waals surface area contributed by atoms with Crippen LogP contribution in [0.3, 0.4) is 0 Å². The zero-order chi connectivity index (χ0) is 32.2. The summed E-state index contributed by atoms with van der Waals surface area (Å²) >= 11 is 0. The van der Waals surface area contributed by atoms with E-state index in [1.807, 2.05) is 0 Å². The lowest BCUT2D eigenvalue weighted by Crippen LogP contribution is -2.01. The Hall–Kier alpha value is -4.88.